The van der Waals surface area contributed by atoms with Gasteiger partial charge in [0, 0.05) is 7.05 Å². The summed E-state index contributed by atoms with van der Waals surface area (Å²) in [6, 6.07) is 3.41. The molecule has 1 aromatic rings. The maximum atomic E-state index is 11.8. The van der Waals surface area contributed by atoms with E-state index in [0.717, 1.165) is 0 Å². The molecule has 0 atom stereocenters. The Bertz CT molecular complexity index is 432. The molecule has 1 heterocycles. The number of hydrogen-bond donors (Lipinski definition) is 0. The molecular formula is C11H14BrClN2O2. The van der Waals surface area contributed by atoms with Gasteiger partial charge in [-0.25, -0.2) is 9.78 Å². The van der Waals surface area contributed by atoms with Gasteiger partial charge in [-0.05, 0) is 48.8 Å². The van der Waals surface area contributed by atoms with Gasteiger partial charge in [-0.15, -0.1) is 0 Å². The molecule has 1 amide bonds. The molecule has 0 unspecified atom stereocenters. The molecule has 0 radical (unpaired) electrons. The van der Waals surface area contributed by atoms with E-state index in [-0.39, 0.29) is 5.15 Å². The predicted octanol–water partition coefficient (Wildman–Crippen LogP) is 3.87. The van der Waals surface area contributed by atoms with Crippen molar-refractivity contribution in [3.8, 4) is 0 Å². The van der Waals surface area contributed by atoms with Crippen LogP contribution in [0.2, 0.25) is 5.15 Å². The van der Waals surface area contributed by atoms with Gasteiger partial charge in [0.25, 0.3) is 0 Å². The molecule has 0 bridgehead atoms. The van der Waals surface area contributed by atoms with Gasteiger partial charge in [-0.2, -0.15) is 0 Å². The number of anilines is 1. The second-order valence-electron chi connectivity index (χ2n) is 4.48. The van der Waals surface area contributed by atoms with Crippen LogP contribution < -0.4 is 4.90 Å². The summed E-state index contributed by atoms with van der Waals surface area (Å²) in [5.74, 6) is 0. The second-order valence-corrected chi connectivity index (χ2v) is 5.65. The molecule has 0 aliphatic rings. The molecular weight excluding hydrogens is 307 g/mol. The Morgan fingerprint density at radius 2 is 2.06 bits per heavy atom. The van der Waals surface area contributed by atoms with Crippen molar-refractivity contribution in [2.75, 3.05) is 11.9 Å². The third-order valence-electron chi connectivity index (χ3n) is 1.82. The van der Waals surface area contributed by atoms with Crippen LogP contribution in [0, 0.1) is 0 Å². The van der Waals surface area contributed by atoms with Crippen LogP contribution in [-0.4, -0.2) is 23.7 Å². The van der Waals surface area contributed by atoms with Crippen molar-refractivity contribution >= 4 is 39.3 Å². The van der Waals surface area contributed by atoms with Crippen LogP contribution in [0.4, 0.5) is 10.5 Å². The first-order chi connectivity index (χ1) is 7.70. The van der Waals surface area contributed by atoms with Crippen LogP contribution in [0.3, 0.4) is 0 Å². The molecule has 17 heavy (non-hydrogen) atoms. The van der Waals surface area contributed by atoms with Crippen molar-refractivity contribution in [3.05, 3.63) is 21.9 Å². The van der Waals surface area contributed by atoms with E-state index in [1.54, 1.807) is 40.0 Å². The van der Waals surface area contributed by atoms with Crippen LogP contribution >= 0.6 is 27.5 Å². The number of carbonyl (C=O) groups excluding carboxylic acids is 1. The summed E-state index contributed by atoms with van der Waals surface area (Å²) in [6.07, 6.45) is -0.469. The third kappa shape index (κ3) is 4.16. The lowest BCUT2D eigenvalue weighted by atomic mass is 10.2. The van der Waals surface area contributed by atoms with Gasteiger partial charge in [0.1, 0.15) is 10.2 Å². The normalized spacial score (nSPS) is 11.2. The van der Waals surface area contributed by atoms with Gasteiger partial charge in [0.15, 0.2) is 5.15 Å². The largest absolute Gasteiger partial charge is 0.443 e. The van der Waals surface area contributed by atoms with Gasteiger partial charge in [0.2, 0.25) is 0 Å². The summed E-state index contributed by atoms with van der Waals surface area (Å²) >= 11 is 9.15. The van der Waals surface area contributed by atoms with Gasteiger partial charge >= 0.3 is 6.09 Å². The maximum absolute atomic E-state index is 11.8. The SMILES string of the molecule is CN(C(=O)OC(C)(C)C)c1ccc(Br)nc1Cl. The Morgan fingerprint density at radius 3 is 2.53 bits per heavy atom. The van der Waals surface area contributed by atoms with Crippen LogP contribution in [-0.2, 0) is 4.74 Å². The van der Waals surface area contributed by atoms with Crippen LogP contribution in [0.1, 0.15) is 20.8 Å². The topological polar surface area (TPSA) is 42.4 Å². The summed E-state index contributed by atoms with van der Waals surface area (Å²) in [7, 11) is 1.59. The molecule has 4 nitrogen and oxygen atoms in total. The van der Waals surface area contributed by atoms with Crippen LogP contribution in [0.5, 0.6) is 0 Å². The number of halogens is 2. The van der Waals surface area contributed by atoms with Crippen molar-refractivity contribution < 1.29 is 9.53 Å². The lowest BCUT2D eigenvalue weighted by Crippen LogP contribution is -2.34. The summed E-state index contributed by atoms with van der Waals surface area (Å²) < 4.78 is 5.84. The van der Waals surface area contributed by atoms with Crippen molar-refractivity contribution in [2.45, 2.75) is 26.4 Å². The number of aromatic nitrogens is 1. The Labute approximate surface area is 114 Å². The van der Waals surface area contributed by atoms with E-state index in [0.29, 0.717) is 10.3 Å². The van der Waals surface area contributed by atoms with E-state index in [1.165, 1.54) is 4.90 Å². The molecule has 0 aliphatic heterocycles. The zero-order chi connectivity index (χ0) is 13.2. The zero-order valence-corrected chi connectivity index (χ0v) is 12.5. The highest BCUT2D eigenvalue weighted by Crippen LogP contribution is 2.26. The monoisotopic (exact) mass is 320 g/mol. The highest BCUT2D eigenvalue weighted by molar-refractivity contribution is 9.10. The Balaban J connectivity index is 2.89. The molecule has 0 aromatic carbocycles. The first kappa shape index (κ1) is 14.3. The Morgan fingerprint density at radius 1 is 1.47 bits per heavy atom. The lowest BCUT2D eigenvalue weighted by molar-refractivity contribution is 0.0589. The first-order valence-corrected chi connectivity index (χ1v) is 6.16. The van der Waals surface area contributed by atoms with Crippen LogP contribution in [0.15, 0.2) is 16.7 Å². The number of rotatable bonds is 1. The number of carbonyl (C=O) groups is 1. The molecule has 1 aromatic heterocycles. The third-order valence-corrected chi connectivity index (χ3v) is 2.54. The average molecular weight is 322 g/mol. The predicted molar refractivity (Wildman–Crippen MR) is 71.6 cm³/mol. The standard InChI is InChI=1S/C11H14BrClN2O2/c1-11(2,3)17-10(16)15(4)7-5-6-8(12)14-9(7)13/h5-6H,1-4H3. The van der Waals surface area contributed by atoms with Crippen molar-refractivity contribution in [3.63, 3.8) is 0 Å². The maximum Gasteiger partial charge on any atom is 0.414 e. The number of ether oxygens (including phenoxy) is 1. The molecule has 0 N–H and O–H groups in total. The van der Waals surface area contributed by atoms with E-state index in [9.17, 15) is 4.79 Å². The lowest BCUT2D eigenvalue weighted by Gasteiger charge is -2.24. The fraction of sp³-hybridized carbons (Fsp3) is 0.455. The Kier molecular flexibility index (Phi) is 4.38. The summed E-state index contributed by atoms with van der Waals surface area (Å²) in [6.45, 7) is 5.42. The minimum Gasteiger partial charge on any atom is -0.443 e. The van der Waals surface area contributed by atoms with E-state index < -0.39 is 11.7 Å². The van der Waals surface area contributed by atoms with Crippen molar-refractivity contribution in [1.82, 2.24) is 4.98 Å². The molecule has 0 saturated carbocycles. The number of amides is 1. The van der Waals surface area contributed by atoms with E-state index >= 15 is 0 Å². The van der Waals surface area contributed by atoms with Gasteiger partial charge in [-0.1, -0.05) is 11.6 Å². The molecule has 6 heteroatoms. The van der Waals surface area contributed by atoms with E-state index in [4.69, 9.17) is 16.3 Å². The van der Waals surface area contributed by atoms with Gasteiger partial charge in [-0.3, -0.25) is 4.90 Å². The second kappa shape index (κ2) is 5.23. The number of nitrogens with zero attached hydrogens (tertiary/aromatic N) is 2. The van der Waals surface area contributed by atoms with Gasteiger partial charge in [0.05, 0.1) is 5.69 Å². The molecule has 0 saturated heterocycles. The summed E-state index contributed by atoms with van der Waals surface area (Å²) in [5.41, 5.74) is -0.0372. The molecule has 0 aliphatic carbocycles. The van der Waals surface area contributed by atoms with Crippen LogP contribution in [0.25, 0.3) is 0 Å². The zero-order valence-electron chi connectivity index (χ0n) is 10.1. The molecule has 0 spiro atoms. The van der Waals surface area contributed by atoms with Gasteiger partial charge < -0.3 is 4.74 Å². The average Bonchev–Trinajstić information content (AvgIpc) is 2.14. The fourth-order valence-electron chi connectivity index (χ4n) is 1.08. The number of hydrogen-bond acceptors (Lipinski definition) is 3. The summed E-state index contributed by atoms with van der Waals surface area (Å²) in [5, 5.41) is 0.243. The minimum absolute atomic E-state index is 0.243. The molecule has 0 fully saturated rings. The number of pyridine rings is 1. The Hall–Kier alpha value is -0.810. The van der Waals surface area contributed by atoms with E-state index in [2.05, 4.69) is 20.9 Å². The van der Waals surface area contributed by atoms with Crippen molar-refractivity contribution in [2.24, 2.45) is 0 Å². The first-order valence-electron chi connectivity index (χ1n) is 4.99. The fourth-order valence-corrected chi connectivity index (χ4v) is 1.78. The van der Waals surface area contributed by atoms with Crippen molar-refractivity contribution in [1.29, 1.82) is 0 Å². The highest BCUT2D eigenvalue weighted by Gasteiger charge is 2.22. The molecule has 1 rings (SSSR count). The smallest absolute Gasteiger partial charge is 0.414 e. The minimum atomic E-state index is -0.541. The molecule has 94 valence electrons. The highest BCUT2D eigenvalue weighted by atomic mass is 79.9. The van der Waals surface area contributed by atoms with E-state index in [1.807, 2.05) is 0 Å². The summed E-state index contributed by atoms with van der Waals surface area (Å²) in [4.78, 5) is 17.1. The quantitative estimate of drug-likeness (QED) is 0.737.